The van der Waals surface area contributed by atoms with Crippen LogP contribution in [-0.4, -0.2) is 21.0 Å². The summed E-state index contributed by atoms with van der Waals surface area (Å²) in [5.74, 6) is -0.846. The predicted octanol–water partition coefficient (Wildman–Crippen LogP) is 3.28. The van der Waals surface area contributed by atoms with Crippen molar-refractivity contribution in [2.45, 2.75) is 18.8 Å². The van der Waals surface area contributed by atoms with Crippen LogP contribution in [-0.2, 0) is 16.6 Å². The summed E-state index contributed by atoms with van der Waals surface area (Å²) in [4.78, 5) is 21.4. The van der Waals surface area contributed by atoms with E-state index in [1.54, 1.807) is 13.1 Å². The Morgan fingerprint density at radius 2 is 2.00 bits per heavy atom. The van der Waals surface area contributed by atoms with Gasteiger partial charge in [-0.05, 0) is 24.6 Å². The Morgan fingerprint density at radius 3 is 2.67 bits per heavy atom. The van der Waals surface area contributed by atoms with Crippen molar-refractivity contribution in [1.29, 1.82) is 0 Å². The molecule has 5 heteroatoms. The van der Waals surface area contributed by atoms with Crippen LogP contribution in [0.25, 0.3) is 10.3 Å². The second kappa shape index (κ2) is 5.26. The average molecular weight is 298 g/mol. The summed E-state index contributed by atoms with van der Waals surface area (Å²) in [7, 11) is 0. The fourth-order valence-corrected chi connectivity index (χ4v) is 3.36. The maximum atomic E-state index is 11.8. The van der Waals surface area contributed by atoms with E-state index >= 15 is 0 Å². The highest BCUT2D eigenvalue weighted by molar-refractivity contribution is 7.18. The van der Waals surface area contributed by atoms with Gasteiger partial charge in [0, 0.05) is 12.6 Å². The molecule has 2 heterocycles. The largest absolute Gasteiger partial charge is 0.481 e. The third-order valence-corrected chi connectivity index (χ3v) is 4.58. The highest BCUT2D eigenvalue weighted by Crippen LogP contribution is 2.31. The molecule has 0 fully saturated rings. The van der Waals surface area contributed by atoms with E-state index in [1.807, 2.05) is 42.5 Å². The van der Waals surface area contributed by atoms with Crippen LogP contribution in [0.4, 0.5) is 0 Å². The summed E-state index contributed by atoms with van der Waals surface area (Å²) in [5, 5.41) is 10.5. The van der Waals surface area contributed by atoms with Gasteiger partial charge >= 0.3 is 5.97 Å². The number of aliphatic carboxylic acids is 1. The van der Waals surface area contributed by atoms with Crippen molar-refractivity contribution < 1.29 is 9.90 Å². The SMILES string of the molecule is CC(Cc1nc2cccnc2s1)(C(=O)O)c1ccccc1. The molecule has 1 unspecified atom stereocenters. The fourth-order valence-electron chi connectivity index (χ4n) is 2.30. The molecule has 3 rings (SSSR count). The molecule has 0 spiro atoms. The zero-order valence-corrected chi connectivity index (χ0v) is 12.3. The number of aromatic nitrogens is 2. The van der Waals surface area contributed by atoms with Crippen LogP contribution in [0.5, 0.6) is 0 Å². The van der Waals surface area contributed by atoms with Crippen molar-refractivity contribution in [2.75, 3.05) is 0 Å². The second-order valence-corrected chi connectivity index (χ2v) is 6.18. The molecule has 1 atom stereocenters. The highest BCUT2D eigenvalue weighted by Gasteiger charge is 2.36. The van der Waals surface area contributed by atoms with Crippen molar-refractivity contribution in [3.8, 4) is 0 Å². The molecule has 4 nitrogen and oxygen atoms in total. The number of benzene rings is 1. The summed E-state index contributed by atoms with van der Waals surface area (Å²) in [6, 6.07) is 13.0. The van der Waals surface area contributed by atoms with E-state index in [-0.39, 0.29) is 0 Å². The van der Waals surface area contributed by atoms with Crippen LogP contribution in [0.3, 0.4) is 0 Å². The molecular formula is C16H14N2O2S. The van der Waals surface area contributed by atoms with Gasteiger partial charge in [-0.15, -0.1) is 0 Å². The number of hydrogen-bond donors (Lipinski definition) is 1. The van der Waals surface area contributed by atoms with Crippen LogP contribution in [0.1, 0.15) is 17.5 Å². The first-order chi connectivity index (χ1) is 10.1. The molecule has 0 radical (unpaired) electrons. The third kappa shape index (κ3) is 2.52. The summed E-state index contributed by atoms with van der Waals surface area (Å²) in [5.41, 5.74) is 0.609. The minimum atomic E-state index is -0.991. The molecule has 3 aromatic rings. The molecule has 0 aliphatic heterocycles. The molecule has 0 saturated heterocycles. The normalized spacial score (nSPS) is 14.0. The number of pyridine rings is 1. The molecule has 0 amide bonds. The van der Waals surface area contributed by atoms with Gasteiger partial charge in [-0.25, -0.2) is 9.97 Å². The standard InChI is InChI=1S/C16H14N2O2S/c1-16(15(19)20,11-6-3-2-4-7-11)10-13-18-12-8-5-9-17-14(12)21-13/h2-9H,10H2,1H3,(H,19,20). The maximum absolute atomic E-state index is 11.8. The predicted molar refractivity (Wildman–Crippen MR) is 82.5 cm³/mol. The zero-order chi connectivity index (χ0) is 14.9. The van der Waals surface area contributed by atoms with Crippen molar-refractivity contribution in [2.24, 2.45) is 0 Å². The van der Waals surface area contributed by atoms with E-state index in [0.29, 0.717) is 6.42 Å². The molecule has 0 aliphatic rings. The molecule has 0 bridgehead atoms. The van der Waals surface area contributed by atoms with Gasteiger partial charge in [-0.2, -0.15) is 0 Å². The molecule has 106 valence electrons. The summed E-state index contributed by atoms with van der Waals surface area (Å²) in [6.45, 7) is 1.74. The number of carboxylic acid groups (broad SMARTS) is 1. The summed E-state index contributed by atoms with van der Waals surface area (Å²) < 4.78 is 0. The monoisotopic (exact) mass is 298 g/mol. The van der Waals surface area contributed by atoms with Crippen molar-refractivity contribution >= 4 is 27.7 Å². The van der Waals surface area contributed by atoms with Gasteiger partial charge in [0.2, 0.25) is 0 Å². The summed E-state index contributed by atoms with van der Waals surface area (Å²) >= 11 is 1.45. The number of carbonyl (C=O) groups is 1. The van der Waals surface area contributed by atoms with E-state index in [1.165, 1.54) is 11.3 Å². The lowest BCUT2D eigenvalue weighted by atomic mass is 9.80. The number of thiazole rings is 1. The summed E-state index contributed by atoms with van der Waals surface area (Å²) in [6.07, 6.45) is 2.07. The Bertz CT molecular complexity index is 752. The van der Waals surface area contributed by atoms with Crippen LogP contribution in [0, 0.1) is 0 Å². The Labute approximate surface area is 126 Å². The topological polar surface area (TPSA) is 63.1 Å². The molecule has 0 aliphatic carbocycles. The van der Waals surface area contributed by atoms with E-state index in [4.69, 9.17) is 0 Å². The van der Waals surface area contributed by atoms with Crippen molar-refractivity contribution in [3.63, 3.8) is 0 Å². The molecule has 0 saturated carbocycles. The minimum Gasteiger partial charge on any atom is -0.481 e. The first kappa shape index (κ1) is 13.7. The average Bonchev–Trinajstić information content (AvgIpc) is 2.89. The lowest BCUT2D eigenvalue weighted by Crippen LogP contribution is -2.34. The van der Waals surface area contributed by atoms with E-state index in [9.17, 15) is 9.90 Å². The highest BCUT2D eigenvalue weighted by atomic mass is 32.1. The lowest BCUT2D eigenvalue weighted by Gasteiger charge is -2.24. The van der Waals surface area contributed by atoms with Crippen molar-refractivity contribution in [3.05, 3.63) is 59.2 Å². The van der Waals surface area contributed by atoms with Gasteiger partial charge in [0.25, 0.3) is 0 Å². The van der Waals surface area contributed by atoms with E-state index in [2.05, 4.69) is 9.97 Å². The second-order valence-electron chi connectivity index (χ2n) is 5.12. The number of carboxylic acids is 1. The molecular weight excluding hydrogens is 284 g/mol. The van der Waals surface area contributed by atoms with Gasteiger partial charge in [-0.3, -0.25) is 4.79 Å². The van der Waals surface area contributed by atoms with Gasteiger partial charge in [0.15, 0.2) is 0 Å². The van der Waals surface area contributed by atoms with Gasteiger partial charge in [-0.1, -0.05) is 41.7 Å². The Hall–Kier alpha value is -2.27. The lowest BCUT2D eigenvalue weighted by molar-refractivity contribution is -0.143. The van der Waals surface area contributed by atoms with Crippen LogP contribution in [0.2, 0.25) is 0 Å². The molecule has 2 aromatic heterocycles. The number of fused-ring (bicyclic) bond motifs is 1. The maximum Gasteiger partial charge on any atom is 0.314 e. The number of rotatable bonds is 4. The van der Waals surface area contributed by atoms with Crippen LogP contribution >= 0.6 is 11.3 Å². The number of hydrogen-bond acceptors (Lipinski definition) is 4. The smallest absolute Gasteiger partial charge is 0.314 e. The van der Waals surface area contributed by atoms with Gasteiger partial charge in [0.1, 0.15) is 10.3 Å². The van der Waals surface area contributed by atoms with Crippen LogP contribution in [0.15, 0.2) is 48.7 Å². The van der Waals surface area contributed by atoms with Gasteiger partial charge in [0.05, 0.1) is 10.4 Å². The van der Waals surface area contributed by atoms with E-state index in [0.717, 1.165) is 20.9 Å². The third-order valence-electron chi connectivity index (χ3n) is 3.60. The zero-order valence-electron chi connectivity index (χ0n) is 11.5. The quantitative estimate of drug-likeness (QED) is 0.803. The minimum absolute atomic E-state index is 0.355. The Morgan fingerprint density at radius 1 is 1.24 bits per heavy atom. The Kier molecular flexibility index (Phi) is 3.43. The van der Waals surface area contributed by atoms with Crippen molar-refractivity contribution in [1.82, 2.24) is 9.97 Å². The van der Waals surface area contributed by atoms with E-state index < -0.39 is 11.4 Å². The van der Waals surface area contributed by atoms with Gasteiger partial charge < -0.3 is 5.11 Å². The molecule has 21 heavy (non-hydrogen) atoms. The number of nitrogens with zero attached hydrogens (tertiary/aromatic N) is 2. The fraction of sp³-hybridized carbons (Fsp3) is 0.188. The first-order valence-corrected chi connectivity index (χ1v) is 7.40. The molecule has 1 N–H and O–H groups in total. The Balaban J connectivity index is 2.01. The molecule has 1 aromatic carbocycles. The first-order valence-electron chi connectivity index (χ1n) is 6.59. The van der Waals surface area contributed by atoms with Crippen LogP contribution < -0.4 is 0 Å².